The minimum atomic E-state index is -2.92. The molecule has 0 aliphatic rings. The summed E-state index contributed by atoms with van der Waals surface area (Å²) >= 11 is 0. The summed E-state index contributed by atoms with van der Waals surface area (Å²) in [5.41, 5.74) is -2.06. The number of aryl methyl sites for hydroxylation is 1. The minimum absolute atomic E-state index is 0.0441. The van der Waals surface area contributed by atoms with Gasteiger partial charge in [-0.25, -0.2) is 13.6 Å². The topological polar surface area (TPSA) is 59.2 Å². The van der Waals surface area contributed by atoms with Crippen molar-refractivity contribution in [1.82, 2.24) is 4.98 Å². The Balaban J connectivity index is 3.42. The third-order valence-electron chi connectivity index (χ3n) is 1.95. The van der Waals surface area contributed by atoms with Gasteiger partial charge in [0.2, 0.25) is 5.43 Å². The molecule has 1 N–H and O–H groups in total. The molecule has 15 heavy (non-hydrogen) atoms. The van der Waals surface area contributed by atoms with Crippen LogP contribution < -0.4 is 5.43 Å². The standard InChI is InChI=1S/C9H9F2NO3/c1-4-6(8(10)11)7(13)5(3-12-4)9(14)15-2/h3,8H,1-2H3,(H,12,13). The van der Waals surface area contributed by atoms with Crippen LogP contribution in [-0.2, 0) is 4.74 Å². The Morgan fingerprint density at radius 3 is 2.60 bits per heavy atom. The lowest BCUT2D eigenvalue weighted by Crippen LogP contribution is -2.22. The van der Waals surface area contributed by atoms with E-state index in [0.29, 0.717) is 0 Å². The number of nitrogens with one attached hydrogen (secondary N) is 1. The molecular formula is C9H9F2NO3. The summed E-state index contributed by atoms with van der Waals surface area (Å²) in [6, 6.07) is 0. The van der Waals surface area contributed by atoms with Crippen molar-refractivity contribution in [2.24, 2.45) is 0 Å². The number of H-pyrrole nitrogens is 1. The fourth-order valence-corrected chi connectivity index (χ4v) is 1.16. The molecule has 0 aliphatic heterocycles. The van der Waals surface area contributed by atoms with E-state index in [9.17, 15) is 18.4 Å². The van der Waals surface area contributed by atoms with Gasteiger partial charge in [-0.2, -0.15) is 0 Å². The van der Waals surface area contributed by atoms with Gasteiger partial charge in [-0.1, -0.05) is 0 Å². The van der Waals surface area contributed by atoms with E-state index in [0.717, 1.165) is 13.3 Å². The molecule has 82 valence electrons. The number of aromatic amines is 1. The maximum absolute atomic E-state index is 12.5. The molecule has 1 aromatic rings. The van der Waals surface area contributed by atoms with E-state index in [2.05, 4.69) is 9.72 Å². The highest BCUT2D eigenvalue weighted by atomic mass is 19.3. The van der Waals surface area contributed by atoms with Crippen LogP contribution in [0.4, 0.5) is 8.78 Å². The highest BCUT2D eigenvalue weighted by molar-refractivity contribution is 5.89. The first-order chi connectivity index (χ1) is 6.99. The summed E-state index contributed by atoms with van der Waals surface area (Å²) in [6.45, 7) is 1.34. The van der Waals surface area contributed by atoms with Crippen LogP contribution in [0.3, 0.4) is 0 Å². The van der Waals surface area contributed by atoms with Crippen LogP contribution in [-0.4, -0.2) is 18.1 Å². The lowest BCUT2D eigenvalue weighted by atomic mass is 10.1. The predicted octanol–water partition coefficient (Wildman–Crippen LogP) is 1.41. The molecule has 0 unspecified atom stereocenters. The van der Waals surface area contributed by atoms with Crippen molar-refractivity contribution in [2.75, 3.05) is 7.11 Å². The smallest absolute Gasteiger partial charge is 0.343 e. The molecule has 0 fully saturated rings. The zero-order valence-electron chi connectivity index (χ0n) is 8.14. The van der Waals surface area contributed by atoms with Gasteiger partial charge in [0.25, 0.3) is 6.43 Å². The Morgan fingerprint density at radius 2 is 2.13 bits per heavy atom. The van der Waals surface area contributed by atoms with Crippen LogP contribution >= 0.6 is 0 Å². The molecule has 0 radical (unpaired) electrons. The number of hydrogen-bond acceptors (Lipinski definition) is 3. The van der Waals surface area contributed by atoms with Gasteiger partial charge < -0.3 is 9.72 Å². The number of rotatable bonds is 2. The Bertz CT molecular complexity index is 439. The van der Waals surface area contributed by atoms with Crippen molar-refractivity contribution in [3.8, 4) is 0 Å². The molecule has 0 saturated heterocycles. The number of methoxy groups -OCH3 is 1. The molecule has 0 bridgehead atoms. The summed E-state index contributed by atoms with van der Waals surface area (Å²) in [6.07, 6.45) is -1.85. The first kappa shape index (κ1) is 11.4. The van der Waals surface area contributed by atoms with E-state index in [-0.39, 0.29) is 5.69 Å². The molecule has 0 spiro atoms. The second-order valence-corrected chi connectivity index (χ2v) is 2.86. The van der Waals surface area contributed by atoms with E-state index in [4.69, 9.17) is 0 Å². The highest BCUT2D eigenvalue weighted by Crippen LogP contribution is 2.17. The van der Waals surface area contributed by atoms with Gasteiger partial charge in [-0.05, 0) is 6.92 Å². The molecule has 1 rings (SSSR count). The fourth-order valence-electron chi connectivity index (χ4n) is 1.16. The van der Waals surface area contributed by atoms with Crippen molar-refractivity contribution < 1.29 is 18.3 Å². The largest absolute Gasteiger partial charge is 0.465 e. The lowest BCUT2D eigenvalue weighted by Gasteiger charge is -2.05. The zero-order valence-corrected chi connectivity index (χ0v) is 8.14. The summed E-state index contributed by atoms with van der Waals surface area (Å²) < 4.78 is 29.2. The van der Waals surface area contributed by atoms with Gasteiger partial charge in [-0.3, -0.25) is 4.79 Å². The van der Waals surface area contributed by atoms with Crippen molar-refractivity contribution in [1.29, 1.82) is 0 Å². The monoisotopic (exact) mass is 217 g/mol. The zero-order chi connectivity index (χ0) is 11.6. The predicted molar refractivity (Wildman–Crippen MR) is 48.1 cm³/mol. The number of aromatic nitrogens is 1. The molecule has 4 nitrogen and oxygen atoms in total. The molecule has 0 atom stereocenters. The maximum Gasteiger partial charge on any atom is 0.343 e. The fraction of sp³-hybridized carbons (Fsp3) is 0.333. The van der Waals surface area contributed by atoms with E-state index in [1.54, 1.807) is 0 Å². The highest BCUT2D eigenvalue weighted by Gasteiger charge is 2.21. The number of hydrogen-bond donors (Lipinski definition) is 1. The first-order valence-corrected chi connectivity index (χ1v) is 4.07. The van der Waals surface area contributed by atoms with Crippen molar-refractivity contribution in [3.63, 3.8) is 0 Å². The number of halogens is 2. The Morgan fingerprint density at radius 1 is 1.53 bits per heavy atom. The van der Waals surface area contributed by atoms with Crippen LogP contribution in [0.15, 0.2) is 11.0 Å². The van der Waals surface area contributed by atoms with Crippen LogP contribution in [0.1, 0.15) is 28.0 Å². The van der Waals surface area contributed by atoms with Crippen LogP contribution in [0.25, 0.3) is 0 Å². The number of carbonyl (C=O) groups is 1. The first-order valence-electron chi connectivity index (χ1n) is 4.07. The van der Waals surface area contributed by atoms with Gasteiger partial charge in [0.15, 0.2) is 0 Å². The Kier molecular flexibility index (Phi) is 3.18. The molecule has 0 saturated carbocycles. The maximum atomic E-state index is 12.5. The van der Waals surface area contributed by atoms with Crippen LogP contribution in [0.5, 0.6) is 0 Å². The average molecular weight is 217 g/mol. The van der Waals surface area contributed by atoms with Gasteiger partial charge in [0.05, 0.1) is 12.7 Å². The molecule has 0 aliphatic carbocycles. The van der Waals surface area contributed by atoms with Crippen molar-refractivity contribution in [2.45, 2.75) is 13.3 Å². The van der Waals surface area contributed by atoms with Crippen molar-refractivity contribution >= 4 is 5.97 Å². The Labute approximate surface area is 83.9 Å². The summed E-state index contributed by atoms with van der Waals surface area (Å²) in [5, 5.41) is 0. The molecule has 0 amide bonds. The van der Waals surface area contributed by atoms with E-state index < -0.39 is 29.0 Å². The van der Waals surface area contributed by atoms with Gasteiger partial charge in [0.1, 0.15) is 5.56 Å². The molecule has 1 aromatic heterocycles. The summed E-state index contributed by atoms with van der Waals surface area (Å²) in [5.74, 6) is -0.932. The quantitative estimate of drug-likeness (QED) is 0.762. The molecule has 0 aromatic carbocycles. The number of esters is 1. The SMILES string of the molecule is COC(=O)c1c[nH]c(C)c(C(F)F)c1=O. The van der Waals surface area contributed by atoms with E-state index in [1.807, 2.05) is 0 Å². The number of carbonyl (C=O) groups excluding carboxylic acids is 1. The number of pyridine rings is 1. The van der Waals surface area contributed by atoms with Crippen LogP contribution in [0, 0.1) is 6.92 Å². The third-order valence-corrected chi connectivity index (χ3v) is 1.95. The lowest BCUT2D eigenvalue weighted by molar-refractivity contribution is 0.0598. The molecule has 6 heteroatoms. The average Bonchev–Trinajstić information content (AvgIpc) is 2.16. The van der Waals surface area contributed by atoms with E-state index in [1.165, 1.54) is 6.92 Å². The summed E-state index contributed by atoms with van der Waals surface area (Å²) in [4.78, 5) is 24.9. The van der Waals surface area contributed by atoms with Gasteiger partial charge >= 0.3 is 5.97 Å². The second-order valence-electron chi connectivity index (χ2n) is 2.86. The Hall–Kier alpha value is -1.72. The summed E-state index contributed by atoms with van der Waals surface area (Å²) in [7, 11) is 1.07. The number of ether oxygens (including phenoxy) is 1. The normalized spacial score (nSPS) is 10.5. The van der Waals surface area contributed by atoms with Crippen molar-refractivity contribution in [3.05, 3.63) is 33.2 Å². The number of alkyl halides is 2. The van der Waals surface area contributed by atoms with Gasteiger partial charge in [0, 0.05) is 11.9 Å². The van der Waals surface area contributed by atoms with Crippen LogP contribution in [0.2, 0.25) is 0 Å². The molecule has 1 heterocycles. The second kappa shape index (κ2) is 4.20. The third kappa shape index (κ3) is 2.03. The minimum Gasteiger partial charge on any atom is -0.465 e. The van der Waals surface area contributed by atoms with E-state index >= 15 is 0 Å². The van der Waals surface area contributed by atoms with Gasteiger partial charge in [-0.15, -0.1) is 0 Å². The molecular weight excluding hydrogens is 208 g/mol.